The number of nitrogens with two attached hydrogens (primary N) is 1. The molecule has 0 bridgehead atoms. The number of nitrogens with zero attached hydrogens (tertiary/aromatic N) is 8. The molecule has 0 saturated carbocycles. The molecular formula is C42H41FN10O5. The number of hydrogen-bond acceptors (Lipinski definition) is 12. The first-order valence-electron chi connectivity index (χ1n) is 19.7. The minimum absolute atomic E-state index is 0.0813. The Labute approximate surface area is 332 Å². The van der Waals surface area contributed by atoms with Crippen LogP contribution in [0.1, 0.15) is 46.0 Å². The van der Waals surface area contributed by atoms with Crippen LogP contribution in [0.2, 0.25) is 0 Å². The third-order valence-corrected chi connectivity index (χ3v) is 12.2. The summed E-state index contributed by atoms with van der Waals surface area (Å²) in [5.41, 5.74) is 9.73. The lowest BCUT2D eigenvalue weighted by atomic mass is 9.94. The number of likely N-dealkylation sites (tertiary alicyclic amines) is 2. The number of amides is 4. The highest BCUT2D eigenvalue weighted by atomic mass is 19.1. The topological polar surface area (TPSA) is 172 Å². The summed E-state index contributed by atoms with van der Waals surface area (Å²) in [6.45, 7) is 5.36. The fraction of sp³-hybridized carbons (Fsp3) is 0.357. The van der Waals surface area contributed by atoms with Crippen LogP contribution in [0, 0.1) is 5.92 Å². The second-order valence-corrected chi connectivity index (χ2v) is 15.9. The van der Waals surface area contributed by atoms with E-state index in [0.717, 1.165) is 61.2 Å². The van der Waals surface area contributed by atoms with E-state index in [-0.39, 0.29) is 30.0 Å². The van der Waals surface area contributed by atoms with Crippen LogP contribution < -0.4 is 20.7 Å². The van der Waals surface area contributed by atoms with Crippen molar-refractivity contribution in [2.45, 2.75) is 43.6 Å². The van der Waals surface area contributed by atoms with E-state index in [1.807, 2.05) is 60.7 Å². The summed E-state index contributed by atoms with van der Waals surface area (Å²) in [4.78, 5) is 67.0. The van der Waals surface area contributed by atoms with Gasteiger partial charge in [0, 0.05) is 75.4 Å². The number of nitrogens with one attached hydrogen (secondary N) is 1. The van der Waals surface area contributed by atoms with Gasteiger partial charge in [-0.1, -0.05) is 18.2 Å². The maximum Gasteiger partial charge on any atom is 0.262 e. The molecule has 3 aromatic carbocycles. The summed E-state index contributed by atoms with van der Waals surface area (Å²) in [7, 11) is 0. The standard InChI is InChI=1S/C42H41FN10O5/c43-32-22-50(15-14-33(32)53-39-36(38(44)45-23-46-39)37(48-53)25-6-9-29(10-7-25)58-28-4-2-1-3-5-28)27-20-49(21-27)17-24-18-51(19-24)26-8-11-30-31(16-26)42(57)52(41(30)56)34-12-13-35(54)47-40(34)55/h1-11,16,23-24,27,32-34H,12-15,17-22H2,(H2,44,45,46)(H,47,54,55)/t32-,33-,34?/m0/s1. The minimum atomic E-state index is -1.15. The Morgan fingerprint density at radius 2 is 1.60 bits per heavy atom. The van der Waals surface area contributed by atoms with Gasteiger partial charge in [0.05, 0.1) is 22.6 Å². The summed E-state index contributed by atoms with van der Waals surface area (Å²) in [5.74, 6) is 0.125. The normalized spacial score (nSPS) is 23.2. The predicted molar refractivity (Wildman–Crippen MR) is 211 cm³/mol. The van der Waals surface area contributed by atoms with Gasteiger partial charge in [-0.25, -0.2) is 19.0 Å². The first-order valence-corrected chi connectivity index (χ1v) is 19.7. The van der Waals surface area contributed by atoms with Gasteiger partial charge < -0.3 is 15.4 Å². The first kappa shape index (κ1) is 36.1. The van der Waals surface area contributed by atoms with E-state index in [9.17, 15) is 19.2 Å². The molecule has 5 aromatic rings. The number of benzene rings is 3. The van der Waals surface area contributed by atoms with Crippen molar-refractivity contribution in [2.75, 3.05) is 56.4 Å². The van der Waals surface area contributed by atoms with Crippen LogP contribution in [0.3, 0.4) is 0 Å². The van der Waals surface area contributed by atoms with Gasteiger partial charge in [0.25, 0.3) is 11.8 Å². The third kappa shape index (κ3) is 6.32. The van der Waals surface area contributed by atoms with Crippen molar-refractivity contribution in [1.29, 1.82) is 0 Å². The molecule has 0 spiro atoms. The summed E-state index contributed by atoms with van der Waals surface area (Å²) in [6, 6.07) is 21.2. The molecule has 3 N–H and O–H groups in total. The lowest BCUT2D eigenvalue weighted by Crippen LogP contribution is -2.64. The molecule has 10 rings (SSSR count). The minimum Gasteiger partial charge on any atom is -0.457 e. The van der Waals surface area contributed by atoms with Crippen molar-refractivity contribution in [1.82, 2.24) is 39.8 Å². The predicted octanol–water partition coefficient (Wildman–Crippen LogP) is 3.67. The molecule has 4 fully saturated rings. The molecule has 296 valence electrons. The number of aromatic nitrogens is 4. The van der Waals surface area contributed by atoms with Crippen molar-refractivity contribution in [2.24, 2.45) is 5.92 Å². The first-order chi connectivity index (χ1) is 28.2. The van der Waals surface area contributed by atoms with Crippen LogP contribution in [0.25, 0.3) is 22.3 Å². The van der Waals surface area contributed by atoms with E-state index in [2.05, 4.69) is 30.0 Å². The van der Waals surface area contributed by atoms with Crippen molar-refractivity contribution in [3.63, 3.8) is 0 Å². The molecule has 58 heavy (non-hydrogen) atoms. The molecular weight excluding hydrogens is 744 g/mol. The van der Waals surface area contributed by atoms with Gasteiger partial charge in [-0.2, -0.15) is 5.10 Å². The Balaban J connectivity index is 0.730. The van der Waals surface area contributed by atoms with E-state index >= 15 is 4.39 Å². The number of imide groups is 2. The number of piperidine rings is 2. The summed E-state index contributed by atoms with van der Waals surface area (Å²) >= 11 is 0. The zero-order valence-electron chi connectivity index (χ0n) is 31.5. The quantitative estimate of drug-likeness (QED) is 0.208. The van der Waals surface area contributed by atoms with E-state index in [1.165, 1.54) is 6.33 Å². The highest BCUT2D eigenvalue weighted by Crippen LogP contribution is 2.38. The maximum atomic E-state index is 16.2. The molecule has 5 aliphatic rings. The van der Waals surface area contributed by atoms with E-state index in [0.29, 0.717) is 47.2 Å². The largest absolute Gasteiger partial charge is 0.457 e. The molecule has 7 heterocycles. The Hall–Kier alpha value is -6.26. The second-order valence-electron chi connectivity index (χ2n) is 15.9. The molecule has 4 amide bonds. The number of nitrogen functional groups attached to an aromatic ring is 1. The van der Waals surface area contributed by atoms with Gasteiger partial charge in [0.15, 0.2) is 5.65 Å². The lowest BCUT2D eigenvalue weighted by Gasteiger charge is -2.51. The van der Waals surface area contributed by atoms with Crippen LogP contribution in [0.15, 0.2) is 79.1 Å². The Morgan fingerprint density at radius 3 is 2.36 bits per heavy atom. The number of hydrogen-bond donors (Lipinski definition) is 2. The number of para-hydroxylation sites is 1. The number of carbonyl (C=O) groups excluding carboxylic acids is 4. The van der Waals surface area contributed by atoms with Gasteiger partial charge in [0.2, 0.25) is 11.8 Å². The SMILES string of the molecule is Nc1ncnc2c1c(-c1ccc(Oc3ccccc3)cc1)nn2[C@H]1CCN(C2CN(CC3CN(c4ccc5c(c4)C(=O)N(C4CCC(=O)NC4=O)C5=O)C3)C2)C[C@@H]1F. The van der Waals surface area contributed by atoms with Crippen LogP contribution in [-0.2, 0) is 9.59 Å². The summed E-state index contributed by atoms with van der Waals surface area (Å²) < 4.78 is 23.8. The number of halogens is 1. The molecule has 2 aromatic heterocycles. The van der Waals surface area contributed by atoms with Crippen LogP contribution in [0.5, 0.6) is 11.5 Å². The van der Waals surface area contributed by atoms with Crippen molar-refractivity contribution in [3.8, 4) is 22.8 Å². The zero-order chi connectivity index (χ0) is 39.7. The highest BCUT2D eigenvalue weighted by molar-refractivity contribution is 6.23. The maximum absolute atomic E-state index is 16.2. The average molecular weight is 785 g/mol. The molecule has 4 saturated heterocycles. The van der Waals surface area contributed by atoms with E-state index in [1.54, 1.807) is 16.8 Å². The van der Waals surface area contributed by atoms with Crippen LogP contribution in [0.4, 0.5) is 15.9 Å². The van der Waals surface area contributed by atoms with Crippen molar-refractivity contribution >= 4 is 46.2 Å². The number of alkyl halides is 1. The van der Waals surface area contributed by atoms with Crippen LogP contribution >= 0.6 is 0 Å². The van der Waals surface area contributed by atoms with E-state index < -0.39 is 41.9 Å². The van der Waals surface area contributed by atoms with Gasteiger partial charge in [-0.15, -0.1) is 0 Å². The Kier molecular flexibility index (Phi) is 8.89. The number of fused-ring (bicyclic) bond motifs is 2. The molecule has 15 nitrogen and oxygen atoms in total. The third-order valence-electron chi connectivity index (χ3n) is 12.2. The lowest BCUT2D eigenvalue weighted by molar-refractivity contribution is -0.136. The Bertz CT molecular complexity index is 2450. The molecule has 16 heteroatoms. The second kappa shape index (κ2) is 14.3. The number of anilines is 2. The molecule has 5 aliphatic heterocycles. The van der Waals surface area contributed by atoms with E-state index in [4.69, 9.17) is 15.6 Å². The fourth-order valence-corrected chi connectivity index (χ4v) is 9.10. The summed E-state index contributed by atoms with van der Waals surface area (Å²) in [5, 5.41) is 7.75. The monoisotopic (exact) mass is 784 g/mol. The Morgan fingerprint density at radius 1 is 0.845 bits per heavy atom. The highest BCUT2D eigenvalue weighted by Gasteiger charge is 2.46. The van der Waals surface area contributed by atoms with Gasteiger partial charge in [0.1, 0.15) is 41.6 Å². The number of carbonyl (C=O) groups is 4. The summed E-state index contributed by atoms with van der Waals surface area (Å²) in [6.07, 6.45) is 1.04. The molecule has 1 unspecified atom stereocenters. The molecule has 0 aliphatic carbocycles. The van der Waals surface area contributed by atoms with Crippen LogP contribution in [-0.4, -0.2) is 122 Å². The smallest absolute Gasteiger partial charge is 0.262 e. The van der Waals surface area contributed by atoms with Gasteiger partial charge in [-0.05, 0) is 67.4 Å². The molecule has 3 atom stereocenters. The zero-order valence-corrected chi connectivity index (χ0v) is 31.5. The average Bonchev–Trinajstić information content (AvgIpc) is 3.69. The van der Waals surface area contributed by atoms with Gasteiger partial charge >= 0.3 is 0 Å². The molecule has 0 radical (unpaired) electrons. The van der Waals surface area contributed by atoms with Crippen molar-refractivity contribution < 1.29 is 28.3 Å². The fourth-order valence-electron chi connectivity index (χ4n) is 9.10. The number of ether oxygens (including phenoxy) is 1. The number of rotatable bonds is 9. The van der Waals surface area contributed by atoms with Gasteiger partial charge in [-0.3, -0.25) is 39.2 Å². The van der Waals surface area contributed by atoms with Crippen molar-refractivity contribution in [3.05, 3.63) is 90.3 Å².